The van der Waals surface area contributed by atoms with E-state index in [-0.39, 0.29) is 12.0 Å². The van der Waals surface area contributed by atoms with Gasteiger partial charge in [-0.1, -0.05) is 0 Å². The van der Waals surface area contributed by atoms with Gasteiger partial charge >= 0.3 is 0 Å². The van der Waals surface area contributed by atoms with E-state index in [0.29, 0.717) is 43.7 Å². The highest BCUT2D eigenvalue weighted by molar-refractivity contribution is 5.83. The molecule has 0 saturated carbocycles. The first-order valence-corrected chi connectivity index (χ1v) is 9.58. The lowest BCUT2D eigenvalue weighted by molar-refractivity contribution is -0.118. The van der Waals surface area contributed by atoms with Crippen LogP contribution in [0, 0.1) is 0 Å². The number of methoxy groups -OCH3 is 1. The van der Waals surface area contributed by atoms with Crippen LogP contribution in [0.4, 0.5) is 11.5 Å². The first kappa shape index (κ1) is 19.8. The Morgan fingerprint density at radius 2 is 2.33 bits per heavy atom. The van der Waals surface area contributed by atoms with Crippen molar-refractivity contribution in [2.45, 2.75) is 25.6 Å². The van der Waals surface area contributed by atoms with E-state index in [4.69, 9.17) is 24.9 Å². The number of carbonyl (C=O) groups excluding carboxylic acids is 2. The molecule has 1 aromatic heterocycles. The van der Waals surface area contributed by atoms with Crippen molar-refractivity contribution in [1.82, 2.24) is 9.55 Å². The van der Waals surface area contributed by atoms with E-state index in [1.54, 1.807) is 18.9 Å². The second-order valence-electron chi connectivity index (χ2n) is 7.16. The van der Waals surface area contributed by atoms with Crippen molar-refractivity contribution < 1.29 is 23.8 Å². The minimum Gasteiger partial charge on any atom is -0.491 e. The lowest BCUT2D eigenvalue weighted by Crippen LogP contribution is -2.32. The van der Waals surface area contributed by atoms with Gasteiger partial charge in [0, 0.05) is 25.1 Å². The number of fused-ring (bicyclic) bond motifs is 3. The van der Waals surface area contributed by atoms with Gasteiger partial charge in [-0.15, -0.1) is 0 Å². The van der Waals surface area contributed by atoms with Crippen LogP contribution in [0.25, 0.3) is 11.4 Å². The van der Waals surface area contributed by atoms with Gasteiger partial charge in [-0.3, -0.25) is 9.69 Å². The van der Waals surface area contributed by atoms with Crippen LogP contribution >= 0.6 is 0 Å². The molecular formula is C20H23N5O5. The molecule has 0 bridgehead atoms. The second-order valence-corrected chi connectivity index (χ2v) is 7.16. The Morgan fingerprint density at radius 3 is 3.07 bits per heavy atom. The number of benzene rings is 1. The van der Waals surface area contributed by atoms with Crippen LogP contribution < -0.4 is 20.7 Å². The number of hydrogen-bond acceptors (Lipinski definition) is 8. The molecule has 2 aliphatic rings. The summed E-state index contributed by atoms with van der Waals surface area (Å²) in [6.07, 6.45) is 1.61. The van der Waals surface area contributed by atoms with E-state index in [2.05, 4.69) is 5.32 Å². The molecule has 2 aromatic rings. The normalized spacial score (nSPS) is 18.4. The van der Waals surface area contributed by atoms with Crippen molar-refractivity contribution >= 4 is 23.4 Å². The van der Waals surface area contributed by atoms with Crippen molar-refractivity contribution in [3.05, 3.63) is 30.3 Å². The fourth-order valence-corrected chi connectivity index (χ4v) is 3.50. The van der Waals surface area contributed by atoms with E-state index in [1.165, 1.54) is 0 Å². The van der Waals surface area contributed by atoms with Gasteiger partial charge in [-0.05, 0) is 19.1 Å². The molecule has 0 unspecified atom stereocenters. The monoisotopic (exact) mass is 413 g/mol. The fraction of sp³-hybridized carbons (Fsp3) is 0.400. The fourth-order valence-electron chi connectivity index (χ4n) is 3.50. The summed E-state index contributed by atoms with van der Waals surface area (Å²) >= 11 is 0. The van der Waals surface area contributed by atoms with Crippen LogP contribution in [0.5, 0.6) is 5.75 Å². The van der Waals surface area contributed by atoms with Crippen molar-refractivity contribution in [1.29, 1.82) is 0 Å². The number of amides is 1. The lowest BCUT2D eigenvalue weighted by Gasteiger charge is -2.14. The molecule has 1 fully saturated rings. The summed E-state index contributed by atoms with van der Waals surface area (Å²) in [4.78, 5) is 29.1. The van der Waals surface area contributed by atoms with Crippen LogP contribution in [-0.2, 0) is 25.6 Å². The molecule has 3 N–H and O–H groups in total. The average molecular weight is 413 g/mol. The summed E-state index contributed by atoms with van der Waals surface area (Å²) in [5.74, 6) is 3.46. The number of carbonyl (C=O) groups is 1. The Labute approximate surface area is 173 Å². The zero-order valence-corrected chi connectivity index (χ0v) is 16.8. The summed E-state index contributed by atoms with van der Waals surface area (Å²) in [5.41, 5.74) is 6.86. The molecule has 10 nitrogen and oxygen atoms in total. The number of nitrogens with two attached hydrogens (primary N) is 1. The number of aromatic nitrogens is 2. The van der Waals surface area contributed by atoms with E-state index in [9.17, 15) is 9.59 Å². The number of primary amides is 1. The molecule has 0 radical (unpaired) electrons. The Bertz CT molecular complexity index is 1010. The topological polar surface area (TPSA) is 121 Å². The molecule has 2 aliphatic heterocycles. The number of hydrogen-bond donors (Lipinski definition) is 2. The third-order valence-electron chi connectivity index (χ3n) is 5.01. The Balaban J connectivity index is 1.65. The van der Waals surface area contributed by atoms with Crippen LogP contribution in [0.1, 0.15) is 6.92 Å². The first-order valence-electron chi connectivity index (χ1n) is 9.58. The smallest absolute Gasteiger partial charge is 0.284 e. The number of ether oxygens (including phenoxy) is 3. The van der Waals surface area contributed by atoms with Crippen molar-refractivity contribution in [2.75, 3.05) is 37.1 Å². The zero-order chi connectivity index (χ0) is 21.3. The maximum absolute atomic E-state index is 11.3. The van der Waals surface area contributed by atoms with Gasteiger partial charge in [0.25, 0.3) is 5.88 Å². The quantitative estimate of drug-likeness (QED) is 0.666. The van der Waals surface area contributed by atoms with Crippen LogP contribution in [-0.4, -0.2) is 60.4 Å². The number of rotatable bonds is 6. The van der Waals surface area contributed by atoms with Gasteiger partial charge in [-0.25, -0.2) is 9.78 Å². The molecule has 3 heterocycles. The average Bonchev–Trinajstić information content (AvgIpc) is 3.28. The first-order chi connectivity index (χ1) is 14.5. The summed E-state index contributed by atoms with van der Waals surface area (Å²) in [7, 11) is 1.58. The maximum Gasteiger partial charge on any atom is 0.284 e. The molecule has 0 aliphatic carbocycles. The number of nitrogens with zero attached hydrogens (tertiary/aromatic N) is 3. The molecule has 1 aromatic carbocycles. The van der Waals surface area contributed by atoms with E-state index in [1.807, 2.05) is 34.9 Å². The van der Waals surface area contributed by atoms with Crippen LogP contribution in [0.3, 0.4) is 0 Å². The minimum absolute atomic E-state index is 0.0989. The molecule has 1 amide bonds. The van der Waals surface area contributed by atoms with Crippen molar-refractivity contribution in [3.63, 3.8) is 0 Å². The second kappa shape index (κ2) is 8.10. The zero-order valence-electron chi connectivity index (χ0n) is 16.8. The van der Waals surface area contributed by atoms with Gasteiger partial charge in [0.2, 0.25) is 5.91 Å². The summed E-state index contributed by atoms with van der Waals surface area (Å²) in [5, 5.41) is 3.05. The molecule has 1 saturated heterocycles. The highest BCUT2D eigenvalue weighted by Gasteiger charge is 2.33. The van der Waals surface area contributed by atoms with Crippen molar-refractivity contribution in [2.24, 2.45) is 5.73 Å². The van der Waals surface area contributed by atoms with Crippen molar-refractivity contribution in [3.8, 4) is 17.1 Å². The van der Waals surface area contributed by atoms with Gasteiger partial charge in [0.15, 0.2) is 11.8 Å². The number of imidazole rings is 1. The summed E-state index contributed by atoms with van der Waals surface area (Å²) in [6.45, 7) is 3.55. The Morgan fingerprint density at radius 1 is 1.50 bits per heavy atom. The third-order valence-corrected chi connectivity index (χ3v) is 5.01. The largest absolute Gasteiger partial charge is 0.491 e. The molecular weight excluding hydrogens is 390 g/mol. The summed E-state index contributed by atoms with van der Waals surface area (Å²) < 4.78 is 18.6. The highest BCUT2D eigenvalue weighted by atomic mass is 16.5. The van der Waals surface area contributed by atoms with Gasteiger partial charge < -0.3 is 29.8 Å². The molecule has 0 spiro atoms. The van der Waals surface area contributed by atoms with Crippen LogP contribution in [0.2, 0.25) is 0 Å². The lowest BCUT2D eigenvalue weighted by atomic mass is 10.1. The molecule has 2 atom stereocenters. The molecule has 158 valence electrons. The molecule has 10 heteroatoms. The standard InChI is InChI=1S/C20H23N5O5/c1-12(19(21)27)22-13-3-4-15-16(7-13)29-6-5-24-9-17(23-20(15)24)25-8-14(11-28-2)30-18(25)10-26/h3-4,7,9,12,14,22H,5-6,8,11H2,1-2H3,(H2,21,27)/t12-,14+/m0/s1. The summed E-state index contributed by atoms with van der Waals surface area (Å²) in [6, 6.07) is 5.04. The SMILES string of the molecule is COC[C@H]1CN(c2cn3c(n2)-c2ccc(N[C@@H](C)C(N)=O)cc2OCC3)C(=C=O)O1. The number of anilines is 2. The Hall–Kier alpha value is -3.49. The van der Waals surface area contributed by atoms with Crippen LogP contribution in [0.15, 0.2) is 30.3 Å². The van der Waals surface area contributed by atoms with Gasteiger partial charge in [0.05, 0.1) is 25.3 Å². The number of nitrogens with one attached hydrogen (secondary N) is 1. The van der Waals surface area contributed by atoms with Gasteiger partial charge in [0.1, 0.15) is 30.3 Å². The molecule has 4 rings (SSSR count). The Kier molecular flexibility index (Phi) is 5.35. The van der Waals surface area contributed by atoms with E-state index < -0.39 is 11.9 Å². The maximum atomic E-state index is 11.3. The minimum atomic E-state index is -0.508. The van der Waals surface area contributed by atoms with Gasteiger partial charge in [-0.2, -0.15) is 0 Å². The van der Waals surface area contributed by atoms with E-state index >= 15 is 0 Å². The van der Waals surface area contributed by atoms with E-state index in [0.717, 1.165) is 11.3 Å². The third kappa shape index (κ3) is 3.70. The predicted molar refractivity (Wildman–Crippen MR) is 109 cm³/mol. The predicted octanol–water partition coefficient (Wildman–Crippen LogP) is 0.753. The molecule has 30 heavy (non-hydrogen) atoms. The highest BCUT2D eigenvalue weighted by Crippen LogP contribution is 2.36.